The molecule has 2 unspecified atom stereocenters. The van der Waals surface area contributed by atoms with Crippen molar-refractivity contribution in [2.45, 2.75) is 31.6 Å². The van der Waals surface area contributed by atoms with Crippen LogP contribution in [0.3, 0.4) is 0 Å². The molecule has 0 aliphatic rings. The molecule has 0 aromatic carbocycles. The minimum atomic E-state index is -4.46. The Hall–Kier alpha value is -1.89. The van der Waals surface area contributed by atoms with Gasteiger partial charge in [-0.3, -0.25) is 9.67 Å². The zero-order chi connectivity index (χ0) is 14.8. The average molecular weight is 284 g/mol. The molecule has 0 aliphatic heterocycles. The third kappa shape index (κ3) is 2.98. The van der Waals surface area contributed by atoms with Crippen LogP contribution in [-0.2, 0) is 6.18 Å². The molecule has 0 aliphatic carbocycles. The highest BCUT2D eigenvalue weighted by Gasteiger charge is 2.34. The van der Waals surface area contributed by atoms with Gasteiger partial charge in [-0.2, -0.15) is 18.3 Å². The first-order valence-electron chi connectivity index (χ1n) is 6.21. The van der Waals surface area contributed by atoms with E-state index >= 15 is 0 Å². The molecular formula is C13H15F3N4. The Balaban J connectivity index is 2.40. The molecule has 2 atom stereocenters. The van der Waals surface area contributed by atoms with E-state index in [1.165, 1.54) is 10.9 Å². The number of hydrogen-bond acceptors (Lipinski definition) is 3. The summed E-state index contributed by atoms with van der Waals surface area (Å²) in [4.78, 5) is 3.98. The predicted octanol–water partition coefficient (Wildman–Crippen LogP) is 2.62. The first-order valence-corrected chi connectivity index (χ1v) is 6.21. The maximum Gasteiger partial charge on any atom is 0.435 e. The van der Waals surface area contributed by atoms with Crippen LogP contribution in [0.5, 0.6) is 0 Å². The maximum absolute atomic E-state index is 12.6. The van der Waals surface area contributed by atoms with Gasteiger partial charge in [0.25, 0.3) is 0 Å². The van der Waals surface area contributed by atoms with Gasteiger partial charge in [0, 0.05) is 24.6 Å². The summed E-state index contributed by atoms with van der Waals surface area (Å²) in [6.07, 6.45) is 0.648. The summed E-state index contributed by atoms with van der Waals surface area (Å²) in [6, 6.07) is 3.64. The van der Waals surface area contributed by atoms with Gasteiger partial charge >= 0.3 is 6.18 Å². The zero-order valence-corrected chi connectivity index (χ0v) is 10.9. The summed E-state index contributed by atoms with van der Waals surface area (Å²) in [5.74, 6) is 0. The third-order valence-corrected chi connectivity index (χ3v) is 3.09. The standard InChI is InChI=1S/C13H15F3N4/c1-2-10(17)12(9-4-3-6-18-8-9)20-7-5-11(19-20)13(14,15)16/h3-8,10,12H,2,17H2,1H3. The van der Waals surface area contributed by atoms with E-state index in [4.69, 9.17) is 5.73 Å². The highest BCUT2D eigenvalue weighted by Crippen LogP contribution is 2.29. The molecule has 2 aromatic rings. The molecule has 2 N–H and O–H groups in total. The summed E-state index contributed by atoms with van der Waals surface area (Å²) in [5, 5.41) is 3.61. The monoisotopic (exact) mass is 284 g/mol. The summed E-state index contributed by atoms with van der Waals surface area (Å²) in [5.41, 5.74) is 5.84. The molecule has 2 aromatic heterocycles. The Labute approximate surface area is 114 Å². The Kier molecular flexibility index (Phi) is 4.08. The predicted molar refractivity (Wildman–Crippen MR) is 67.9 cm³/mol. The minimum absolute atomic E-state index is 0.347. The molecule has 0 bridgehead atoms. The van der Waals surface area contributed by atoms with Crippen LogP contribution in [0.1, 0.15) is 30.6 Å². The SMILES string of the molecule is CCC(N)C(c1cccnc1)n1ccc(C(F)(F)F)n1. The molecular weight excluding hydrogens is 269 g/mol. The van der Waals surface area contributed by atoms with Gasteiger partial charge in [0.05, 0.1) is 6.04 Å². The highest BCUT2D eigenvalue weighted by atomic mass is 19.4. The lowest BCUT2D eigenvalue weighted by Gasteiger charge is -2.23. The molecule has 0 radical (unpaired) electrons. The Morgan fingerprint density at radius 2 is 2.10 bits per heavy atom. The van der Waals surface area contributed by atoms with E-state index in [1.807, 2.05) is 6.92 Å². The molecule has 0 saturated carbocycles. The topological polar surface area (TPSA) is 56.7 Å². The number of aromatic nitrogens is 3. The van der Waals surface area contributed by atoms with Crippen LogP contribution in [0.4, 0.5) is 13.2 Å². The van der Waals surface area contributed by atoms with Gasteiger partial charge in [-0.15, -0.1) is 0 Å². The number of nitrogens with zero attached hydrogens (tertiary/aromatic N) is 3. The van der Waals surface area contributed by atoms with Crippen LogP contribution in [0.2, 0.25) is 0 Å². The lowest BCUT2D eigenvalue weighted by molar-refractivity contribution is -0.141. The second-order valence-electron chi connectivity index (χ2n) is 4.48. The van der Waals surface area contributed by atoms with Crippen LogP contribution in [0.25, 0.3) is 0 Å². The van der Waals surface area contributed by atoms with Crippen molar-refractivity contribution in [3.8, 4) is 0 Å². The van der Waals surface area contributed by atoms with Crippen molar-refractivity contribution in [3.05, 3.63) is 48.0 Å². The van der Waals surface area contributed by atoms with Crippen LogP contribution >= 0.6 is 0 Å². The number of halogens is 3. The molecule has 0 spiro atoms. The smallest absolute Gasteiger partial charge is 0.326 e. The van der Waals surface area contributed by atoms with Gasteiger partial charge in [-0.25, -0.2) is 0 Å². The fourth-order valence-electron chi connectivity index (χ4n) is 2.01. The summed E-state index contributed by atoms with van der Waals surface area (Å²) >= 11 is 0. The van der Waals surface area contributed by atoms with E-state index in [1.54, 1.807) is 24.5 Å². The third-order valence-electron chi connectivity index (χ3n) is 3.09. The number of hydrogen-bond donors (Lipinski definition) is 1. The Morgan fingerprint density at radius 3 is 2.60 bits per heavy atom. The van der Waals surface area contributed by atoms with Gasteiger partial charge in [0.15, 0.2) is 5.69 Å². The van der Waals surface area contributed by atoms with Crippen LogP contribution < -0.4 is 5.73 Å². The van der Waals surface area contributed by atoms with Crippen LogP contribution in [0, 0.1) is 0 Å². The quantitative estimate of drug-likeness (QED) is 0.939. The second-order valence-corrected chi connectivity index (χ2v) is 4.48. The highest BCUT2D eigenvalue weighted by molar-refractivity contribution is 5.18. The first-order chi connectivity index (χ1) is 9.43. The molecule has 7 heteroatoms. The van der Waals surface area contributed by atoms with Crippen molar-refractivity contribution in [2.24, 2.45) is 5.73 Å². The molecule has 0 saturated heterocycles. The summed E-state index contributed by atoms with van der Waals surface area (Å²) in [7, 11) is 0. The first kappa shape index (κ1) is 14.5. The Bertz CT molecular complexity index is 550. The lowest BCUT2D eigenvalue weighted by Crippen LogP contribution is -2.33. The second kappa shape index (κ2) is 5.62. The Morgan fingerprint density at radius 1 is 1.35 bits per heavy atom. The zero-order valence-electron chi connectivity index (χ0n) is 10.9. The van der Waals surface area contributed by atoms with E-state index in [-0.39, 0.29) is 6.04 Å². The molecule has 2 rings (SSSR count). The van der Waals surface area contributed by atoms with E-state index in [0.717, 1.165) is 11.6 Å². The lowest BCUT2D eigenvalue weighted by atomic mass is 10.00. The molecule has 0 fully saturated rings. The van der Waals surface area contributed by atoms with E-state index in [2.05, 4.69) is 10.1 Å². The fourth-order valence-corrected chi connectivity index (χ4v) is 2.01. The van der Waals surface area contributed by atoms with Gasteiger partial charge in [-0.05, 0) is 24.1 Å². The minimum Gasteiger partial charge on any atom is -0.326 e. The van der Waals surface area contributed by atoms with Crippen molar-refractivity contribution in [3.63, 3.8) is 0 Å². The van der Waals surface area contributed by atoms with Crippen molar-refractivity contribution in [2.75, 3.05) is 0 Å². The molecule has 2 heterocycles. The summed E-state index contributed by atoms with van der Waals surface area (Å²) < 4.78 is 39.1. The number of rotatable bonds is 4. The van der Waals surface area contributed by atoms with Crippen molar-refractivity contribution < 1.29 is 13.2 Å². The van der Waals surface area contributed by atoms with Gasteiger partial charge in [0.2, 0.25) is 0 Å². The molecule has 108 valence electrons. The van der Waals surface area contributed by atoms with Crippen molar-refractivity contribution in [1.82, 2.24) is 14.8 Å². The van der Waals surface area contributed by atoms with Crippen LogP contribution in [0.15, 0.2) is 36.8 Å². The molecule has 20 heavy (non-hydrogen) atoms. The number of nitrogens with two attached hydrogens (primary N) is 1. The van der Waals surface area contributed by atoms with Gasteiger partial charge in [0.1, 0.15) is 0 Å². The summed E-state index contributed by atoms with van der Waals surface area (Å²) in [6.45, 7) is 1.88. The molecule has 4 nitrogen and oxygen atoms in total. The normalized spacial score (nSPS) is 15.1. The average Bonchev–Trinajstić information content (AvgIpc) is 2.89. The number of pyridine rings is 1. The van der Waals surface area contributed by atoms with Crippen molar-refractivity contribution >= 4 is 0 Å². The molecule has 0 amide bonds. The largest absolute Gasteiger partial charge is 0.435 e. The van der Waals surface area contributed by atoms with Crippen molar-refractivity contribution in [1.29, 1.82) is 0 Å². The van der Waals surface area contributed by atoms with E-state index in [0.29, 0.717) is 6.42 Å². The van der Waals surface area contributed by atoms with Gasteiger partial charge in [-0.1, -0.05) is 13.0 Å². The van der Waals surface area contributed by atoms with E-state index in [9.17, 15) is 13.2 Å². The fraction of sp³-hybridized carbons (Fsp3) is 0.385. The van der Waals surface area contributed by atoms with Gasteiger partial charge < -0.3 is 5.73 Å². The van der Waals surface area contributed by atoms with E-state index < -0.39 is 17.9 Å². The maximum atomic E-state index is 12.6. The van der Waals surface area contributed by atoms with Crippen LogP contribution in [-0.4, -0.2) is 20.8 Å². The number of alkyl halides is 3.